The predicted octanol–water partition coefficient (Wildman–Crippen LogP) is 4.15. The van der Waals surface area contributed by atoms with Gasteiger partial charge in [0.05, 0.1) is 5.69 Å². The van der Waals surface area contributed by atoms with Crippen molar-refractivity contribution in [3.8, 4) is 17.3 Å². The number of hydrogen-bond acceptors (Lipinski definition) is 2. The molecule has 0 aliphatic rings. The van der Waals surface area contributed by atoms with Gasteiger partial charge < -0.3 is 0 Å². The van der Waals surface area contributed by atoms with Crippen LogP contribution >= 0.6 is 31.9 Å². The smallest absolute Gasteiger partial charge is 0.141 e. The molecule has 0 N–H and O–H groups in total. The van der Waals surface area contributed by atoms with Crippen LogP contribution in [0.15, 0.2) is 45.3 Å². The van der Waals surface area contributed by atoms with Gasteiger partial charge in [0.2, 0.25) is 0 Å². The van der Waals surface area contributed by atoms with E-state index in [4.69, 9.17) is 5.26 Å². The summed E-state index contributed by atoms with van der Waals surface area (Å²) in [6, 6.07) is 13.3. The van der Waals surface area contributed by atoms with E-state index < -0.39 is 0 Å². The first-order chi connectivity index (χ1) is 7.69. The maximum Gasteiger partial charge on any atom is 0.141 e. The molecule has 0 amide bonds. The Kier molecular flexibility index (Phi) is 3.37. The van der Waals surface area contributed by atoms with Gasteiger partial charge in [0, 0.05) is 14.5 Å². The van der Waals surface area contributed by atoms with Crippen molar-refractivity contribution in [1.29, 1.82) is 5.26 Å². The van der Waals surface area contributed by atoms with Crippen LogP contribution in [0.1, 0.15) is 5.69 Å². The molecule has 78 valence electrons. The molecule has 16 heavy (non-hydrogen) atoms. The highest BCUT2D eigenvalue weighted by Crippen LogP contribution is 2.26. The van der Waals surface area contributed by atoms with Gasteiger partial charge in [0.1, 0.15) is 11.8 Å². The van der Waals surface area contributed by atoms with Crippen molar-refractivity contribution in [2.75, 3.05) is 0 Å². The van der Waals surface area contributed by atoms with Crippen LogP contribution < -0.4 is 0 Å². The van der Waals surface area contributed by atoms with Gasteiger partial charge in [-0.2, -0.15) is 5.26 Å². The van der Waals surface area contributed by atoms with E-state index in [-0.39, 0.29) is 0 Å². The maximum atomic E-state index is 8.79. The third kappa shape index (κ3) is 2.49. The molecular weight excluding hydrogens is 332 g/mol. The number of halogens is 2. The van der Waals surface area contributed by atoms with Crippen LogP contribution in [-0.4, -0.2) is 4.98 Å². The highest BCUT2D eigenvalue weighted by Gasteiger charge is 2.03. The van der Waals surface area contributed by atoms with E-state index in [1.165, 1.54) is 0 Å². The molecule has 2 nitrogen and oxygen atoms in total. The van der Waals surface area contributed by atoms with E-state index in [2.05, 4.69) is 36.8 Å². The maximum absolute atomic E-state index is 8.79. The van der Waals surface area contributed by atoms with Crippen molar-refractivity contribution < 1.29 is 0 Å². The lowest BCUT2D eigenvalue weighted by molar-refractivity contribution is 1.26. The highest BCUT2D eigenvalue weighted by atomic mass is 79.9. The molecule has 1 aromatic carbocycles. The zero-order valence-corrected chi connectivity index (χ0v) is 11.3. The summed E-state index contributed by atoms with van der Waals surface area (Å²) in [4.78, 5) is 4.24. The van der Waals surface area contributed by atoms with Gasteiger partial charge in [-0.05, 0) is 30.3 Å². The largest absolute Gasteiger partial charge is 0.237 e. The summed E-state index contributed by atoms with van der Waals surface area (Å²) in [5, 5.41) is 8.79. The molecule has 4 heteroatoms. The normalized spacial score (nSPS) is 9.81. The molecule has 0 spiro atoms. The van der Waals surface area contributed by atoms with E-state index >= 15 is 0 Å². The molecule has 2 rings (SSSR count). The molecule has 0 saturated heterocycles. The van der Waals surface area contributed by atoms with E-state index in [0.29, 0.717) is 5.69 Å². The molecule has 1 heterocycles. The fraction of sp³-hybridized carbons (Fsp3) is 0. The Bertz CT molecular complexity index is 553. The van der Waals surface area contributed by atoms with E-state index in [1.807, 2.05) is 36.4 Å². The average Bonchev–Trinajstić information content (AvgIpc) is 2.28. The molecule has 0 fully saturated rings. The van der Waals surface area contributed by atoms with Gasteiger partial charge in [-0.3, -0.25) is 0 Å². The Labute approximate surface area is 110 Å². The second-order valence-corrected chi connectivity index (χ2v) is 5.01. The van der Waals surface area contributed by atoms with Gasteiger partial charge in [-0.25, -0.2) is 4.98 Å². The molecule has 0 unspecified atom stereocenters. The van der Waals surface area contributed by atoms with Crippen LogP contribution in [0.25, 0.3) is 11.3 Å². The van der Waals surface area contributed by atoms with Gasteiger partial charge in [-0.1, -0.05) is 37.9 Å². The standard InChI is InChI=1S/C12H6Br2N2/c13-9-4-8(5-10(14)6-9)12-3-1-2-11(7-15)16-12/h1-6H. The fourth-order valence-corrected chi connectivity index (χ4v) is 2.65. The van der Waals surface area contributed by atoms with Crippen molar-refractivity contribution in [1.82, 2.24) is 4.98 Å². The van der Waals surface area contributed by atoms with Crippen molar-refractivity contribution in [2.24, 2.45) is 0 Å². The highest BCUT2D eigenvalue weighted by molar-refractivity contribution is 9.11. The minimum Gasteiger partial charge on any atom is -0.237 e. The first-order valence-electron chi connectivity index (χ1n) is 4.52. The molecular formula is C12H6Br2N2. The van der Waals surface area contributed by atoms with Crippen molar-refractivity contribution >= 4 is 31.9 Å². The summed E-state index contributed by atoms with van der Waals surface area (Å²) < 4.78 is 1.95. The average molecular weight is 338 g/mol. The first kappa shape index (κ1) is 11.3. The number of aromatic nitrogens is 1. The Balaban J connectivity index is 2.54. The van der Waals surface area contributed by atoms with Gasteiger partial charge in [0.25, 0.3) is 0 Å². The number of benzene rings is 1. The van der Waals surface area contributed by atoms with Crippen LogP contribution in [0.4, 0.5) is 0 Å². The quantitative estimate of drug-likeness (QED) is 0.784. The molecule has 0 bridgehead atoms. The number of pyridine rings is 1. The summed E-state index contributed by atoms with van der Waals surface area (Å²) in [5.41, 5.74) is 2.19. The molecule has 0 aliphatic heterocycles. The van der Waals surface area contributed by atoms with Crippen LogP contribution in [0.5, 0.6) is 0 Å². The predicted molar refractivity (Wildman–Crippen MR) is 69.8 cm³/mol. The van der Waals surface area contributed by atoms with Crippen molar-refractivity contribution in [2.45, 2.75) is 0 Å². The fourth-order valence-electron chi connectivity index (χ4n) is 1.36. The molecule has 0 saturated carbocycles. The number of rotatable bonds is 1. The number of nitrogens with zero attached hydrogens (tertiary/aromatic N) is 2. The topological polar surface area (TPSA) is 36.7 Å². The van der Waals surface area contributed by atoms with E-state index in [0.717, 1.165) is 20.2 Å². The molecule has 0 radical (unpaired) electrons. The van der Waals surface area contributed by atoms with Crippen molar-refractivity contribution in [3.05, 3.63) is 51.0 Å². The monoisotopic (exact) mass is 336 g/mol. The lowest BCUT2D eigenvalue weighted by atomic mass is 10.1. The van der Waals surface area contributed by atoms with Crippen LogP contribution in [-0.2, 0) is 0 Å². The molecule has 0 aliphatic carbocycles. The van der Waals surface area contributed by atoms with Gasteiger partial charge in [-0.15, -0.1) is 0 Å². The van der Waals surface area contributed by atoms with Crippen molar-refractivity contribution in [3.63, 3.8) is 0 Å². The minimum atomic E-state index is 0.425. The Morgan fingerprint density at radius 3 is 2.38 bits per heavy atom. The third-order valence-electron chi connectivity index (χ3n) is 2.02. The molecule has 2 aromatic rings. The first-order valence-corrected chi connectivity index (χ1v) is 6.11. The molecule has 0 atom stereocenters. The summed E-state index contributed by atoms with van der Waals surface area (Å²) in [6.07, 6.45) is 0. The second kappa shape index (κ2) is 4.77. The number of nitriles is 1. The minimum absolute atomic E-state index is 0.425. The Hall–Kier alpha value is -1.18. The van der Waals surface area contributed by atoms with Crippen LogP contribution in [0, 0.1) is 11.3 Å². The number of hydrogen-bond donors (Lipinski definition) is 0. The molecule has 1 aromatic heterocycles. The second-order valence-electron chi connectivity index (χ2n) is 3.18. The summed E-state index contributed by atoms with van der Waals surface area (Å²) in [7, 11) is 0. The van der Waals surface area contributed by atoms with Gasteiger partial charge in [0.15, 0.2) is 0 Å². The lowest BCUT2D eigenvalue weighted by Crippen LogP contribution is -1.87. The summed E-state index contributed by atoms with van der Waals surface area (Å²) in [6.45, 7) is 0. The van der Waals surface area contributed by atoms with E-state index in [9.17, 15) is 0 Å². The Morgan fingerprint density at radius 1 is 1.06 bits per heavy atom. The zero-order valence-electron chi connectivity index (χ0n) is 8.11. The Morgan fingerprint density at radius 2 is 1.75 bits per heavy atom. The SMILES string of the molecule is N#Cc1cccc(-c2cc(Br)cc(Br)c2)n1. The lowest BCUT2D eigenvalue weighted by Gasteiger charge is -2.03. The zero-order chi connectivity index (χ0) is 11.5. The van der Waals surface area contributed by atoms with Gasteiger partial charge >= 0.3 is 0 Å². The summed E-state index contributed by atoms with van der Waals surface area (Å²) >= 11 is 6.85. The third-order valence-corrected chi connectivity index (χ3v) is 2.94. The van der Waals surface area contributed by atoms with Crippen LogP contribution in [0.3, 0.4) is 0 Å². The van der Waals surface area contributed by atoms with Crippen LogP contribution in [0.2, 0.25) is 0 Å². The summed E-state index contributed by atoms with van der Waals surface area (Å²) in [5.74, 6) is 0. The van der Waals surface area contributed by atoms with E-state index in [1.54, 1.807) is 6.07 Å².